The summed E-state index contributed by atoms with van der Waals surface area (Å²) in [5.74, 6) is 0.425. The first-order valence-corrected chi connectivity index (χ1v) is 6.69. The molecule has 0 radical (unpaired) electrons. The molecule has 1 aliphatic heterocycles. The summed E-state index contributed by atoms with van der Waals surface area (Å²) in [5, 5.41) is 8.30. The van der Waals surface area contributed by atoms with E-state index >= 15 is 0 Å². The molecule has 1 amide bonds. The molecular formula is C12H14N6O2. The second-order valence-corrected chi connectivity index (χ2v) is 5.42. The summed E-state index contributed by atoms with van der Waals surface area (Å²) in [6, 6.07) is 0.185. The Morgan fingerprint density at radius 3 is 2.80 bits per heavy atom. The van der Waals surface area contributed by atoms with E-state index in [2.05, 4.69) is 20.3 Å². The summed E-state index contributed by atoms with van der Waals surface area (Å²) in [6.07, 6.45) is 5.80. The van der Waals surface area contributed by atoms with Crippen LogP contribution in [0.15, 0.2) is 17.2 Å². The second kappa shape index (κ2) is 4.06. The molecule has 2 aromatic rings. The topological polar surface area (TPSA) is 99.7 Å². The fourth-order valence-electron chi connectivity index (χ4n) is 2.44. The first kappa shape index (κ1) is 11.4. The molecule has 8 heteroatoms. The Balaban J connectivity index is 1.41. The second-order valence-electron chi connectivity index (χ2n) is 5.42. The fourth-order valence-corrected chi connectivity index (χ4v) is 2.44. The van der Waals surface area contributed by atoms with Crippen molar-refractivity contribution in [3.8, 4) is 0 Å². The molecular weight excluding hydrogens is 260 g/mol. The van der Waals surface area contributed by atoms with Crippen molar-refractivity contribution in [2.45, 2.75) is 24.8 Å². The van der Waals surface area contributed by atoms with Crippen LogP contribution in [0.1, 0.15) is 41.0 Å². The molecule has 20 heavy (non-hydrogen) atoms. The van der Waals surface area contributed by atoms with Crippen LogP contribution in [-0.4, -0.2) is 48.9 Å². The number of nitrogens with zero attached hydrogens (tertiary/aromatic N) is 4. The van der Waals surface area contributed by atoms with Gasteiger partial charge in [0, 0.05) is 31.4 Å². The standard InChI is InChI=1S/C12H14N6O2/c19-11(9-3-13-12(20)14-9)17-4-8(5-17)18-6-10(15-16-18)7-1-2-7/h3,6-8H,1-2,4-5H2,(H2,13,14,20). The van der Waals surface area contributed by atoms with E-state index in [1.807, 2.05) is 10.9 Å². The molecule has 2 aromatic heterocycles. The van der Waals surface area contributed by atoms with Gasteiger partial charge in [-0.3, -0.25) is 4.79 Å². The first-order valence-electron chi connectivity index (χ1n) is 6.69. The Morgan fingerprint density at radius 2 is 2.15 bits per heavy atom. The van der Waals surface area contributed by atoms with Crippen LogP contribution in [0, 0.1) is 0 Å². The lowest BCUT2D eigenvalue weighted by molar-refractivity contribution is 0.0493. The fraction of sp³-hybridized carbons (Fsp3) is 0.500. The van der Waals surface area contributed by atoms with Gasteiger partial charge < -0.3 is 14.9 Å². The molecule has 104 valence electrons. The molecule has 2 aliphatic rings. The van der Waals surface area contributed by atoms with Gasteiger partial charge in [0.05, 0.1) is 11.7 Å². The minimum absolute atomic E-state index is 0.165. The number of carbonyl (C=O) groups is 1. The molecule has 0 unspecified atom stereocenters. The maximum atomic E-state index is 12.0. The molecule has 1 saturated heterocycles. The van der Waals surface area contributed by atoms with E-state index in [4.69, 9.17) is 0 Å². The zero-order chi connectivity index (χ0) is 13.7. The van der Waals surface area contributed by atoms with Crippen molar-refractivity contribution in [2.75, 3.05) is 13.1 Å². The van der Waals surface area contributed by atoms with Crippen molar-refractivity contribution in [1.29, 1.82) is 0 Å². The molecule has 0 spiro atoms. The number of nitrogens with one attached hydrogen (secondary N) is 2. The van der Waals surface area contributed by atoms with Crippen LogP contribution in [0.5, 0.6) is 0 Å². The number of rotatable bonds is 3. The van der Waals surface area contributed by atoms with Gasteiger partial charge in [-0.15, -0.1) is 5.10 Å². The molecule has 0 bridgehead atoms. The molecule has 2 N–H and O–H groups in total. The van der Waals surface area contributed by atoms with Gasteiger partial charge in [-0.05, 0) is 12.8 Å². The Kier molecular flexibility index (Phi) is 2.32. The molecule has 1 saturated carbocycles. The third kappa shape index (κ3) is 1.84. The van der Waals surface area contributed by atoms with Crippen LogP contribution >= 0.6 is 0 Å². The quantitative estimate of drug-likeness (QED) is 0.814. The van der Waals surface area contributed by atoms with Gasteiger partial charge in [0.25, 0.3) is 5.91 Å². The molecule has 2 fully saturated rings. The van der Waals surface area contributed by atoms with Crippen molar-refractivity contribution in [3.05, 3.63) is 34.3 Å². The predicted octanol–water partition coefficient (Wildman–Crippen LogP) is -0.131. The van der Waals surface area contributed by atoms with Crippen molar-refractivity contribution in [3.63, 3.8) is 0 Å². The Bertz CT molecular complexity index is 703. The van der Waals surface area contributed by atoms with Crippen LogP contribution in [-0.2, 0) is 0 Å². The molecule has 0 aromatic carbocycles. The molecule has 8 nitrogen and oxygen atoms in total. The molecule has 4 rings (SSSR count). The van der Waals surface area contributed by atoms with Crippen LogP contribution < -0.4 is 5.69 Å². The Hall–Kier alpha value is -2.38. The number of carbonyl (C=O) groups excluding carboxylic acids is 1. The van der Waals surface area contributed by atoms with Gasteiger partial charge in [-0.1, -0.05) is 5.21 Å². The average Bonchev–Trinajstić information content (AvgIpc) is 2.96. The summed E-state index contributed by atoms with van der Waals surface area (Å²) >= 11 is 0. The number of hydrogen-bond donors (Lipinski definition) is 2. The number of H-pyrrole nitrogens is 2. The van der Waals surface area contributed by atoms with Crippen LogP contribution in [0.3, 0.4) is 0 Å². The van der Waals surface area contributed by atoms with Gasteiger partial charge in [-0.2, -0.15) is 0 Å². The monoisotopic (exact) mass is 274 g/mol. The maximum absolute atomic E-state index is 12.0. The summed E-state index contributed by atoms with van der Waals surface area (Å²) in [7, 11) is 0. The highest BCUT2D eigenvalue weighted by Gasteiger charge is 2.35. The van der Waals surface area contributed by atoms with E-state index in [1.165, 1.54) is 19.0 Å². The number of hydrogen-bond acceptors (Lipinski definition) is 4. The number of aromatic amines is 2. The average molecular weight is 274 g/mol. The summed E-state index contributed by atoms with van der Waals surface area (Å²) in [6.45, 7) is 1.19. The maximum Gasteiger partial charge on any atom is 0.323 e. The minimum Gasteiger partial charge on any atom is -0.333 e. The van der Waals surface area contributed by atoms with Crippen molar-refractivity contribution < 1.29 is 4.79 Å². The van der Waals surface area contributed by atoms with Gasteiger partial charge in [0.2, 0.25) is 0 Å². The SMILES string of the molecule is O=C(c1c[nH]c(=O)[nH]1)N1CC(n2cc(C3CC3)nn2)C1. The number of aromatic nitrogens is 5. The lowest BCUT2D eigenvalue weighted by Gasteiger charge is -2.38. The van der Waals surface area contributed by atoms with E-state index in [1.54, 1.807) is 4.90 Å². The van der Waals surface area contributed by atoms with E-state index in [-0.39, 0.29) is 17.6 Å². The molecule has 0 atom stereocenters. The van der Waals surface area contributed by atoms with Crippen molar-refractivity contribution >= 4 is 5.91 Å². The molecule has 3 heterocycles. The van der Waals surface area contributed by atoms with Gasteiger partial charge >= 0.3 is 5.69 Å². The van der Waals surface area contributed by atoms with E-state index in [0.29, 0.717) is 24.7 Å². The highest BCUT2D eigenvalue weighted by Crippen LogP contribution is 2.39. The lowest BCUT2D eigenvalue weighted by Crippen LogP contribution is -2.51. The van der Waals surface area contributed by atoms with Crippen LogP contribution in [0.4, 0.5) is 0 Å². The summed E-state index contributed by atoms with van der Waals surface area (Å²) < 4.78 is 1.84. The Morgan fingerprint density at radius 1 is 1.35 bits per heavy atom. The van der Waals surface area contributed by atoms with Gasteiger partial charge in [-0.25, -0.2) is 9.48 Å². The van der Waals surface area contributed by atoms with Crippen LogP contribution in [0.25, 0.3) is 0 Å². The zero-order valence-electron chi connectivity index (χ0n) is 10.7. The number of amides is 1. The van der Waals surface area contributed by atoms with Gasteiger partial charge in [0.1, 0.15) is 5.69 Å². The third-order valence-corrected chi connectivity index (χ3v) is 3.87. The smallest absolute Gasteiger partial charge is 0.323 e. The minimum atomic E-state index is -0.365. The van der Waals surface area contributed by atoms with E-state index < -0.39 is 0 Å². The van der Waals surface area contributed by atoms with E-state index in [9.17, 15) is 9.59 Å². The normalized spacial score (nSPS) is 19.1. The summed E-state index contributed by atoms with van der Waals surface area (Å²) in [5.41, 5.74) is 0.992. The highest BCUT2D eigenvalue weighted by molar-refractivity contribution is 5.92. The largest absolute Gasteiger partial charge is 0.333 e. The molecule has 1 aliphatic carbocycles. The predicted molar refractivity (Wildman–Crippen MR) is 68.4 cm³/mol. The Labute approximate surface area is 113 Å². The number of likely N-dealkylation sites (tertiary alicyclic amines) is 1. The van der Waals surface area contributed by atoms with Gasteiger partial charge in [0.15, 0.2) is 0 Å². The lowest BCUT2D eigenvalue weighted by atomic mass is 10.1. The zero-order valence-corrected chi connectivity index (χ0v) is 10.7. The number of imidazole rings is 1. The summed E-state index contributed by atoms with van der Waals surface area (Å²) in [4.78, 5) is 29.6. The van der Waals surface area contributed by atoms with E-state index in [0.717, 1.165) is 5.69 Å². The third-order valence-electron chi connectivity index (χ3n) is 3.87. The van der Waals surface area contributed by atoms with Crippen LogP contribution in [0.2, 0.25) is 0 Å². The first-order chi connectivity index (χ1) is 9.70. The highest BCUT2D eigenvalue weighted by atomic mass is 16.2. The van der Waals surface area contributed by atoms with Crippen molar-refractivity contribution in [2.24, 2.45) is 0 Å². The van der Waals surface area contributed by atoms with Crippen molar-refractivity contribution in [1.82, 2.24) is 29.9 Å².